The SMILES string of the molecule is CC(=O)N[C@H]1[C@H](OP(=O)(O)OC/C=C(\C)CC/C=C(\C)CC/C=C(\C)CC/C=C(\C)CC/C=C(\C)CC/C=C(\C)CC/C=C(\C)CC/C=C(\C)CC/C=C(\C)CC/C=C(\C)CCC=C(C)C)O[C@H](CO)[C@@H](O)[C@@H]1O. The Hall–Kier alpha value is -3.44. The van der Waals surface area contributed by atoms with Gasteiger partial charge < -0.3 is 30.3 Å². The summed E-state index contributed by atoms with van der Waals surface area (Å²) >= 11 is 0. The van der Waals surface area contributed by atoms with Crippen molar-refractivity contribution in [2.45, 2.75) is 249 Å². The molecule has 1 amide bonds. The van der Waals surface area contributed by atoms with E-state index in [0.29, 0.717) is 0 Å². The minimum atomic E-state index is -4.71. The maximum Gasteiger partial charge on any atom is 0.474 e. The zero-order chi connectivity index (χ0) is 55.5. The van der Waals surface area contributed by atoms with Crippen molar-refractivity contribution in [3.8, 4) is 0 Å². The molecule has 0 radical (unpaired) electrons. The van der Waals surface area contributed by atoms with E-state index in [1.165, 1.54) is 75.5 Å². The van der Waals surface area contributed by atoms with Crippen molar-refractivity contribution in [3.63, 3.8) is 0 Å². The Kier molecular flexibility index (Phi) is 36.9. The zero-order valence-corrected chi connectivity index (χ0v) is 49.5. The highest BCUT2D eigenvalue weighted by Crippen LogP contribution is 2.46. The molecule has 1 rings (SSSR count). The lowest BCUT2D eigenvalue weighted by atomic mass is 9.97. The lowest BCUT2D eigenvalue weighted by molar-refractivity contribution is -0.248. The highest BCUT2D eigenvalue weighted by molar-refractivity contribution is 7.47. The number of rotatable bonds is 37. The van der Waals surface area contributed by atoms with E-state index in [1.54, 1.807) is 6.08 Å². The van der Waals surface area contributed by atoms with Crippen LogP contribution in [0.5, 0.6) is 0 Å². The van der Waals surface area contributed by atoms with Crippen LogP contribution < -0.4 is 5.32 Å². The van der Waals surface area contributed by atoms with E-state index in [0.717, 1.165) is 121 Å². The first kappa shape index (κ1) is 68.6. The number of carbonyl (C=O) groups is 1. The molecule has 0 aliphatic carbocycles. The number of nitrogens with one attached hydrogen (secondary N) is 1. The fourth-order valence-corrected chi connectivity index (χ4v) is 9.29. The number of carbonyl (C=O) groups excluding carboxylic acids is 1. The molecule has 1 aliphatic rings. The first-order valence-electron chi connectivity index (χ1n) is 27.8. The predicted molar refractivity (Wildman–Crippen MR) is 312 cm³/mol. The second-order valence-electron chi connectivity index (χ2n) is 21.5. The van der Waals surface area contributed by atoms with Crippen molar-refractivity contribution in [2.24, 2.45) is 0 Å². The van der Waals surface area contributed by atoms with Crippen LogP contribution in [0.15, 0.2) is 128 Å². The monoisotopic (exact) mass is 1050 g/mol. The molecule has 0 saturated carbocycles. The van der Waals surface area contributed by atoms with Gasteiger partial charge in [0.2, 0.25) is 5.91 Å². The zero-order valence-electron chi connectivity index (χ0n) is 48.6. The fourth-order valence-electron chi connectivity index (χ4n) is 8.52. The summed E-state index contributed by atoms with van der Waals surface area (Å²) in [6.07, 6.45) is 41.1. The molecule has 1 unspecified atom stereocenters. The van der Waals surface area contributed by atoms with Crippen LogP contribution in [-0.4, -0.2) is 70.0 Å². The van der Waals surface area contributed by atoms with Gasteiger partial charge in [-0.15, -0.1) is 0 Å². The predicted octanol–water partition coefficient (Wildman–Crippen LogP) is 16.3. The maximum absolute atomic E-state index is 12.7. The van der Waals surface area contributed by atoms with E-state index in [1.807, 2.05) is 6.92 Å². The summed E-state index contributed by atoms with van der Waals surface area (Å²) in [5.74, 6) is -0.581. The number of amides is 1. The molecule has 6 atom stereocenters. The van der Waals surface area contributed by atoms with Crippen molar-refractivity contribution >= 4 is 13.7 Å². The molecule has 1 aliphatic heterocycles. The third-order valence-corrected chi connectivity index (χ3v) is 14.5. The molecule has 0 aromatic heterocycles. The Morgan fingerprint density at radius 2 is 0.730 bits per heavy atom. The molecule has 5 N–H and O–H groups in total. The van der Waals surface area contributed by atoms with E-state index in [4.69, 9.17) is 13.8 Å². The smallest absolute Gasteiger partial charge is 0.394 e. The van der Waals surface area contributed by atoms with Crippen LogP contribution in [0.25, 0.3) is 0 Å². The average Bonchev–Trinajstić information content (AvgIpc) is 3.31. The highest BCUT2D eigenvalue weighted by atomic mass is 31.2. The van der Waals surface area contributed by atoms with Crippen LogP contribution in [0, 0.1) is 0 Å². The maximum atomic E-state index is 12.7. The van der Waals surface area contributed by atoms with E-state index in [9.17, 15) is 29.6 Å². The average molecular weight is 1050 g/mol. The molecule has 1 heterocycles. The van der Waals surface area contributed by atoms with Crippen LogP contribution in [-0.2, 0) is 23.1 Å². The molecule has 0 aromatic rings. The Bertz CT molecular complexity index is 2060. The standard InChI is InChI=1S/C63H104NO9P/c1-47(2)24-14-25-48(3)26-15-27-49(4)28-16-29-50(5)30-17-31-51(6)32-18-33-52(7)34-19-35-53(8)36-20-37-54(9)38-21-39-55(10)40-22-41-56(11)42-23-43-57(12)44-45-71-74(69,70)73-63-60(64-58(13)66)62(68)61(67)59(46-65)72-63/h24,26,28,30,32,34,36,38,40,42,44,59-63,65,67-68H,14-23,25,27,29,31,33,35,37,39,41,43,45-46H2,1-13H3,(H,64,66)(H,69,70)/b48-26+,49-28+,50-30+,51-32+,52-34+,53-36+,54-38+,55-40+,56-42+,57-44+/t59-,60-,61-,62-,63+/m1/s1. The van der Waals surface area contributed by atoms with Crippen molar-refractivity contribution in [2.75, 3.05) is 13.2 Å². The van der Waals surface area contributed by atoms with Gasteiger partial charge in [0.05, 0.1) is 13.2 Å². The van der Waals surface area contributed by atoms with E-state index >= 15 is 0 Å². The lowest BCUT2D eigenvalue weighted by Crippen LogP contribution is -2.64. The number of hydrogen-bond donors (Lipinski definition) is 5. The number of aliphatic hydroxyl groups is 3. The van der Waals surface area contributed by atoms with Crippen LogP contribution in [0.1, 0.15) is 218 Å². The Morgan fingerprint density at radius 1 is 0.459 bits per heavy atom. The summed E-state index contributed by atoms with van der Waals surface area (Å²) in [6, 6.07) is -1.36. The first-order valence-corrected chi connectivity index (χ1v) is 29.3. The summed E-state index contributed by atoms with van der Waals surface area (Å²) in [5.41, 5.74) is 15.6. The molecular formula is C63H104NO9P. The molecule has 420 valence electrons. The van der Waals surface area contributed by atoms with Crippen molar-refractivity contribution in [3.05, 3.63) is 128 Å². The molecule has 11 heteroatoms. The minimum absolute atomic E-state index is 0.212. The second kappa shape index (κ2) is 39.9. The van der Waals surface area contributed by atoms with Gasteiger partial charge in [-0.25, -0.2) is 4.57 Å². The van der Waals surface area contributed by atoms with Crippen LogP contribution in [0.4, 0.5) is 0 Å². The minimum Gasteiger partial charge on any atom is -0.394 e. The summed E-state index contributed by atoms with van der Waals surface area (Å²) in [5, 5.41) is 32.4. The molecule has 74 heavy (non-hydrogen) atoms. The highest BCUT2D eigenvalue weighted by Gasteiger charge is 2.48. The topological polar surface area (TPSA) is 155 Å². The Morgan fingerprint density at radius 3 is 0.986 bits per heavy atom. The molecule has 1 saturated heterocycles. The molecule has 1 fully saturated rings. The van der Waals surface area contributed by atoms with Crippen molar-refractivity contribution < 1.29 is 43.4 Å². The summed E-state index contributed by atoms with van der Waals surface area (Å²) in [6.45, 7) is 26.8. The Labute approximate surface area is 451 Å². The summed E-state index contributed by atoms with van der Waals surface area (Å²) in [4.78, 5) is 21.9. The molecule has 10 nitrogen and oxygen atoms in total. The van der Waals surface area contributed by atoms with Gasteiger partial charge in [0, 0.05) is 6.92 Å². The van der Waals surface area contributed by atoms with E-state index in [2.05, 4.69) is 142 Å². The number of ether oxygens (including phenoxy) is 1. The quantitative estimate of drug-likeness (QED) is 0.0302. The van der Waals surface area contributed by atoms with Gasteiger partial charge in [-0.1, -0.05) is 128 Å². The van der Waals surface area contributed by atoms with Crippen LogP contribution in [0.2, 0.25) is 0 Å². The molecule has 0 bridgehead atoms. The van der Waals surface area contributed by atoms with Gasteiger partial charge >= 0.3 is 7.82 Å². The Balaban J connectivity index is 2.30. The van der Waals surface area contributed by atoms with Gasteiger partial charge in [0.1, 0.15) is 24.4 Å². The lowest BCUT2D eigenvalue weighted by Gasteiger charge is -2.42. The van der Waals surface area contributed by atoms with Gasteiger partial charge in [0.25, 0.3) is 0 Å². The van der Waals surface area contributed by atoms with E-state index in [-0.39, 0.29) is 6.61 Å². The third kappa shape index (κ3) is 35.0. The molecular weight excluding hydrogens is 946 g/mol. The number of allylic oxidation sites excluding steroid dienone is 21. The van der Waals surface area contributed by atoms with E-state index < -0.39 is 51.0 Å². The van der Waals surface area contributed by atoms with Gasteiger partial charge in [-0.05, 0) is 212 Å². The first-order chi connectivity index (χ1) is 35.0. The van der Waals surface area contributed by atoms with Crippen LogP contribution in [0.3, 0.4) is 0 Å². The molecule has 0 spiro atoms. The number of phosphoric acid groups is 1. The van der Waals surface area contributed by atoms with Crippen molar-refractivity contribution in [1.29, 1.82) is 0 Å². The number of hydrogen-bond acceptors (Lipinski definition) is 8. The normalized spacial score (nSPS) is 21.3. The summed E-state index contributed by atoms with van der Waals surface area (Å²) < 4.78 is 28.2. The molecule has 0 aromatic carbocycles. The largest absolute Gasteiger partial charge is 0.474 e. The van der Waals surface area contributed by atoms with Gasteiger partial charge in [-0.3, -0.25) is 13.8 Å². The van der Waals surface area contributed by atoms with Crippen LogP contribution >= 0.6 is 7.82 Å². The van der Waals surface area contributed by atoms with Gasteiger partial charge in [-0.2, -0.15) is 0 Å². The fraction of sp³-hybridized carbons (Fsp3) is 0.635. The van der Waals surface area contributed by atoms with Crippen molar-refractivity contribution in [1.82, 2.24) is 5.32 Å². The number of aliphatic hydroxyl groups excluding tert-OH is 3. The van der Waals surface area contributed by atoms with Gasteiger partial charge in [0.15, 0.2) is 6.29 Å². The second-order valence-corrected chi connectivity index (χ2v) is 22.9. The number of phosphoric ester groups is 1. The third-order valence-electron chi connectivity index (χ3n) is 13.5. The summed E-state index contributed by atoms with van der Waals surface area (Å²) in [7, 11) is -4.71.